The molecule has 0 bridgehead atoms. The van der Waals surface area contributed by atoms with Gasteiger partial charge in [0, 0.05) is 11.4 Å². The zero-order valence-electron chi connectivity index (χ0n) is 15.0. The zero-order valence-corrected chi connectivity index (χ0v) is 15.8. The number of nitrogens with zero attached hydrogens (tertiary/aromatic N) is 2. The first kappa shape index (κ1) is 19.5. The van der Waals surface area contributed by atoms with E-state index in [-0.39, 0.29) is 11.9 Å². The highest BCUT2D eigenvalue weighted by Gasteiger charge is 2.34. The molecule has 0 amide bonds. The Bertz CT molecular complexity index is 1040. The molecule has 1 atom stereocenters. The highest BCUT2D eigenvalue weighted by Crippen LogP contribution is 2.39. The molecule has 4 rings (SSSR count). The van der Waals surface area contributed by atoms with Crippen LogP contribution in [-0.4, -0.2) is 5.71 Å². The summed E-state index contributed by atoms with van der Waals surface area (Å²) in [6.45, 7) is 0. The largest absolute Gasteiger partial charge is 0.416 e. The molecule has 0 radical (unpaired) electrons. The van der Waals surface area contributed by atoms with E-state index in [4.69, 9.17) is 11.6 Å². The van der Waals surface area contributed by atoms with E-state index in [0.29, 0.717) is 22.8 Å². The maximum Gasteiger partial charge on any atom is 0.416 e. The predicted molar refractivity (Wildman–Crippen MR) is 106 cm³/mol. The molecular weight excluding hydrogens is 404 g/mol. The monoisotopic (exact) mass is 418 g/mol. The maximum atomic E-state index is 13.3. The van der Waals surface area contributed by atoms with Crippen molar-refractivity contribution in [1.82, 2.24) is 0 Å². The molecule has 0 saturated carbocycles. The molecule has 0 spiro atoms. The summed E-state index contributed by atoms with van der Waals surface area (Å²) in [5.74, 6) is -0.365. The van der Waals surface area contributed by atoms with Crippen LogP contribution in [0.15, 0.2) is 77.9 Å². The van der Waals surface area contributed by atoms with Gasteiger partial charge in [0.1, 0.15) is 5.82 Å². The van der Waals surface area contributed by atoms with Crippen molar-refractivity contribution < 1.29 is 17.6 Å². The van der Waals surface area contributed by atoms with Gasteiger partial charge in [-0.25, -0.2) is 4.39 Å². The molecule has 0 aliphatic carbocycles. The van der Waals surface area contributed by atoms with Crippen LogP contribution in [0.5, 0.6) is 0 Å². The van der Waals surface area contributed by atoms with Gasteiger partial charge in [-0.1, -0.05) is 41.9 Å². The smallest absolute Gasteiger partial charge is 0.257 e. The Labute approximate surface area is 170 Å². The fraction of sp³-hybridized carbons (Fsp3) is 0.136. The number of alkyl halides is 3. The van der Waals surface area contributed by atoms with Crippen molar-refractivity contribution in [3.8, 4) is 0 Å². The Morgan fingerprint density at radius 3 is 2.28 bits per heavy atom. The Morgan fingerprint density at radius 2 is 1.62 bits per heavy atom. The summed E-state index contributed by atoms with van der Waals surface area (Å²) < 4.78 is 52.9. The minimum Gasteiger partial charge on any atom is -0.257 e. The minimum atomic E-state index is -4.45. The van der Waals surface area contributed by atoms with Gasteiger partial charge in [-0.3, -0.25) is 5.01 Å². The van der Waals surface area contributed by atoms with E-state index in [1.54, 1.807) is 35.3 Å². The third-order valence-electron chi connectivity index (χ3n) is 4.78. The van der Waals surface area contributed by atoms with E-state index < -0.39 is 11.7 Å². The van der Waals surface area contributed by atoms with Gasteiger partial charge in [0.25, 0.3) is 0 Å². The molecule has 1 heterocycles. The molecule has 2 nitrogen and oxygen atoms in total. The fourth-order valence-corrected chi connectivity index (χ4v) is 3.46. The van der Waals surface area contributed by atoms with Crippen LogP contribution >= 0.6 is 11.6 Å². The van der Waals surface area contributed by atoms with Gasteiger partial charge in [0.2, 0.25) is 0 Å². The van der Waals surface area contributed by atoms with Crippen molar-refractivity contribution in [2.75, 3.05) is 5.01 Å². The second-order valence-electron chi connectivity index (χ2n) is 6.72. The average molecular weight is 419 g/mol. The van der Waals surface area contributed by atoms with Crippen molar-refractivity contribution >= 4 is 23.0 Å². The van der Waals surface area contributed by atoms with Crippen molar-refractivity contribution in [1.29, 1.82) is 0 Å². The van der Waals surface area contributed by atoms with Gasteiger partial charge >= 0.3 is 6.18 Å². The number of anilines is 1. The van der Waals surface area contributed by atoms with Crippen LogP contribution in [0.4, 0.5) is 23.2 Å². The minimum absolute atomic E-state index is 0.309. The molecule has 0 unspecified atom stereocenters. The summed E-state index contributed by atoms with van der Waals surface area (Å²) in [5, 5.41) is 6.74. The van der Waals surface area contributed by atoms with Crippen molar-refractivity contribution in [2.45, 2.75) is 18.6 Å². The molecular formula is C22H15ClF4N2. The van der Waals surface area contributed by atoms with Crippen molar-refractivity contribution in [3.63, 3.8) is 0 Å². The predicted octanol–water partition coefficient (Wildman–Crippen LogP) is 6.85. The summed E-state index contributed by atoms with van der Waals surface area (Å²) in [6, 6.07) is 17.8. The summed E-state index contributed by atoms with van der Waals surface area (Å²) >= 11 is 5.98. The summed E-state index contributed by atoms with van der Waals surface area (Å²) in [4.78, 5) is 0. The molecule has 1 aliphatic rings. The number of hydrogen-bond donors (Lipinski definition) is 0. The van der Waals surface area contributed by atoms with Crippen LogP contribution in [0.1, 0.15) is 29.2 Å². The normalized spacial score (nSPS) is 16.8. The maximum absolute atomic E-state index is 13.3. The Kier molecular flexibility index (Phi) is 5.04. The van der Waals surface area contributed by atoms with Gasteiger partial charge in [-0.15, -0.1) is 0 Å². The van der Waals surface area contributed by atoms with Gasteiger partial charge in [0.05, 0.1) is 23.0 Å². The Morgan fingerprint density at radius 1 is 0.931 bits per heavy atom. The summed E-state index contributed by atoms with van der Waals surface area (Å²) in [5.41, 5.74) is 1.85. The number of rotatable bonds is 3. The number of hydrogen-bond acceptors (Lipinski definition) is 2. The lowest BCUT2D eigenvalue weighted by atomic mass is 9.98. The summed E-state index contributed by atoms with van der Waals surface area (Å²) in [7, 11) is 0. The molecule has 0 saturated heterocycles. The molecule has 7 heteroatoms. The van der Waals surface area contributed by atoms with E-state index in [1.807, 2.05) is 12.1 Å². The quantitative estimate of drug-likeness (QED) is 0.424. The fourth-order valence-electron chi connectivity index (χ4n) is 3.33. The average Bonchev–Trinajstić information content (AvgIpc) is 3.14. The first-order valence-electron chi connectivity index (χ1n) is 8.86. The first-order chi connectivity index (χ1) is 13.8. The van der Waals surface area contributed by atoms with Crippen LogP contribution in [0, 0.1) is 5.82 Å². The molecule has 1 aliphatic heterocycles. The van der Waals surface area contributed by atoms with E-state index in [2.05, 4.69) is 5.10 Å². The van der Waals surface area contributed by atoms with Crippen molar-refractivity contribution in [2.24, 2.45) is 5.10 Å². The van der Waals surface area contributed by atoms with E-state index in [0.717, 1.165) is 23.3 Å². The third-order valence-corrected chi connectivity index (χ3v) is 5.03. The van der Waals surface area contributed by atoms with Crippen LogP contribution in [-0.2, 0) is 6.18 Å². The molecule has 0 N–H and O–H groups in total. The molecule has 0 fully saturated rings. The van der Waals surface area contributed by atoms with Gasteiger partial charge in [-0.2, -0.15) is 18.3 Å². The van der Waals surface area contributed by atoms with E-state index >= 15 is 0 Å². The topological polar surface area (TPSA) is 15.6 Å². The summed E-state index contributed by atoms with van der Waals surface area (Å²) in [6.07, 6.45) is -3.99. The van der Waals surface area contributed by atoms with E-state index in [9.17, 15) is 17.6 Å². The highest BCUT2D eigenvalue weighted by molar-refractivity contribution is 6.30. The van der Waals surface area contributed by atoms with Crippen LogP contribution in [0.25, 0.3) is 0 Å². The second-order valence-corrected chi connectivity index (χ2v) is 7.15. The molecule has 3 aromatic carbocycles. The lowest BCUT2D eigenvalue weighted by Gasteiger charge is -2.24. The standard InChI is InChI=1S/C22H15ClF4N2/c23-17-8-4-15(5-9-17)21-13-20(14-6-10-18(24)11-7-14)28-29(21)19-3-1-2-16(12-19)22(25,26)27/h1-12,21H,13H2/t21-/m1/s1. The SMILES string of the molecule is Fc1ccc(C2=NN(c3cccc(C(F)(F)F)c3)[C@@H](c3ccc(Cl)cc3)C2)cc1. The lowest BCUT2D eigenvalue weighted by molar-refractivity contribution is -0.137. The van der Waals surface area contributed by atoms with Crippen molar-refractivity contribution in [3.05, 3.63) is 100 Å². The van der Waals surface area contributed by atoms with Gasteiger partial charge in [0.15, 0.2) is 0 Å². The van der Waals surface area contributed by atoms with Crippen LogP contribution < -0.4 is 5.01 Å². The number of benzene rings is 3. The van der Waals surface area contributed by atoms with E-state index in [1.165, 1.54) is 18.2 Å². The highest BCUT2D eigenvalue weighted by atomic mass is 35.5. The lowest BCUT2D eigenvalue weighted by Crippen LogP contribution is -2.19. The molecule has 0 aromatic heterocycles. The molecule has 29 heavy (non-hydrogen) atoms. The first-order valence-corrected chi connectivity index (χ1v) is 9.24. The Hall–Kier alpha value is -2.86. The second kappa shape index (κ2) is 7.52. The molecule has 3 aromatic rings. The van der Waals surface area contributed by atoms with Gasteiger partial charge < -0.3 is 0 Å². The Balaban J connectivity index is 1.77. The van der Waals surface area contributed by atoms with Crippen LogP contribution in [0.2, 0.25) is 5.02 Å². The number of hydrazone groups is 1. The zero-order chi connectivity index (χ0) is 20.6. The number of halogens is 5. The third kappa shape index (κ3) is 4.12. The molecule has 148 valence electrons. The van der Waals surface area contributed by atoms with Crippen LogP contribution in [0.3, 0.4) is 0 Å². The van der Waals surface area contributed by atoms with Gasteiger partial charge in [-0.05, 0) is 53.6 Å².